The molecule has 0 radical (unpaired) electrons. The van der Waals surface area contributed by atoms with Crippen LogP contribution in [0.4, 0.5) is 0 Å². The summed E-state index contributed by atoms with van der Waals surface area (Å²) < 4.78 is 5.65. The third-order valence-corrected chi connectivity index (χ3v) is 4.17. The zero-order valence-corrected chi connectivity index (χ0v) is 13.8. The van der Waals surface area contributed by atoms with Gasteiger partial charge in [0.05, 0.1) is 6.20 Å². The number of aromatic nitrogens is 2. The summed E-state index contributed by atoms with van der Waals surface area (Å²) in [7, 11) is 0. The Kier molecular flexibility index (Phi) is 6.89. The van der Waals surface area contributed by atoms with Crippen molar-refractivity contribution in [1.29, 1.82) is 0 Å². The van der Waals surface area contributed by atoms with E-state index in [0.717, 1.165) is 35.9 Å². The highest BCUT2D eigenvalue weighted by Gasteiger charge is 2.10. The standard InChI is InChI=1S/C16H25N3OS/c1-13-7-8-15(20-13)16-14(12-18-19-16)11-17-9-5-3-4-6-10-21-2/h7-8,12,17H,3-6,9-11H2,1-2H3,(H,18,19). The number of H-pyrrole nitrogens is 1. The lowest BCUT2D eigenvalue weighted by molar-refractivity contribution is 0.544. The van der Waals surface area contributed by atoms with Crippen LogP contribution < -0.4 is 5.32 Å². The van der Waals surface area contributed by atoms with Gasteiger partial charge < -0.3 is 9.73 Å². The summed E-state index contributed by atoms with van der Waals surface area (Å²) in [5, 5.41) is 10.6. The van der Waals surface area contributed by atoms with Crippen LogP contribution in [0.15, 0.2) is 22.7 Å². The molecule has 0 bridgehead atoms. The number of hydrogen-bond donors (Lipinski definition) is 2. The van der Waals surface area contributed by atoms with Crippen LogP contribution in [0.2, 0.25) is 0 Å². The van der Waals surface area contributed by atoms with Gasteiger partial charge in [-0.1, -0.05) is 12.8 Å². The van der Waals surface area contributed by atoms with Crippen molar-refractivity contribution in [3.05, 3.63) is 29.7 Å². The van der Waals surface area contributed by atoms with Gasteiger partial charge in [0.1, 0.15) is 11.5 Å². The predicted molar refractivity (Wildman–Crippen MR) is 89.6 cm³/mol. The Labute approximate surface area is 131 Å². The third kappa shape index (κ3) is 5.25. The zero-order chi connectivity index (χ0) is 14.9. The molecule has 2 aromatic rings. The molecule has 0 amide bonds. The number of aromatic amines is 1. The highest BCUT2D eigenvalue weighted by Crippen LogP contribution is 2.23. The van der Waals surface area contributed by atoms with Gasteiger partial charge in [-0.15, -0.1) is 0 Å². The molecular weight excluding hydrogens is 282 g/mol. The fourth-order valence-corrected chi connectivity index (χ4v) is 2.79. The first-order chi connectivity index (χ1) is 10.3. The molecule has 0 aromatic carbocycles. The molecule has 0 aliphatic carbocycles. The Balaban J connectivity index is 1.69. The lowest BCUT2D eigenvalue weighted by Crippen LogP contribution is -2.14. The maximum absolute atomic E-state index is 5.65. The zero-order valence-electron chi connectivity index (χ0n) is 12.9. The number of unbranched alkanes of at least 4 members (excludes halogenated alkanes) is 3. The average molecular weight is 307 g/mol. The van der Waals surface area contributed by atoms with E-state index in [0.29, 0.717) is 0 Å². The van der Waals surface area contributed by atoms with Crippen LogP contribution in [0.1, 0.15) is 37.0 Å². The van der Waals surface area contributed by atoms with Crippen molar-refractivity contribution in [2.75, 3.05) is 18.6 Å². The Hall–Kier alpha value is -1.20. The minimum Gasteiger partial charge on any atom is -0.460 e. The quantitative estimate of drug-likeness (QED) is 0.652. The summed E-state index contributed by atoms with van der Waals surface area (Å²) in [6, 6.07) is 3.96. The molecule has 2 aromatic heterocycles. The van der Waals surface area contributed by atoms with Gasteiger partial charge >= 0.3 is 0 Å². The van der Waals surface area contributed by atoms with Crippen molar-refractivity contribution in [1.82, 2.24) is 15.5 Å². The van der Waals surface area contributed by atoms with Gasteiger partial charge in [0.15, 0.2) is 5.76 Å². The molecule has 2 heterocycles. The molecule has 21 heavy (non-hydrogen) atoms. The van der Waals surface area contributed by atoms with E-state index in [1.807, 2.05) is 37.0 Å². The molecule has 5 heteroatoms. The van der Waals surface area contributed by atoms with Crippen molar-refractivity contribution in [2.45, 2.75) is 39.2 Å². The van der Waals surface area contributed by atoms with Gasteiger partial charge in [-0.05, 0) is 50.5 Å². The second-order valence-corrected chi connectivity index (χ2v) is 6.25. The van der Waals surface area contributed by atoms with Crippen LogP contribution >= 0.6 is 11.8 Å². The topological polar surface area (TPSA) is 53.9 Å². The van der Waals surface area contributed by atoms with Gasteiger partial charge in [-0.3, -0.25) is 5.10 Å². The van der Waals surface area contributed by atoms with E-state index in [9.17, 15) is 0 Å². The first kappa shape index (κ1) is 16.2. The number of aryl methyl sites for hydroxylation is 1. The fraction of sp³-hybridized carbons (Fsp3) is 0.562. The van der Waals surface area contributed by atoms with Crippen LogP contribution in [0.3, 0.4) is 0 Å². The van der Waals surface area contributed by atoms with Crippen molar-refractivity contribution in [3.63, 3.8) is 0 Å². The number of nitrogens with zero attached hydrogens (tertiary/aromatic N) is 1. The van der Waals surface area contributed by atoms with Gasteiger partial charge in [-0.25, -0.2) is 0 Å². The normalized spacial score (nSPS) is 11.1. The molecule has 0 aliphatic heterocycles. The Bertz CT molecular complexity index is 521. The maximum atomic E-state index is 5.65. The van der Waals surface area contributed by atoms with E-state index < -0.39 is 0 Å². The number of thioether (sulfide) groups is 1. The van der Waals surface area contributed by atoms with Gasteiger partial charge in [0.2, 0.25) is 0 Å². The van der Waals surface area contributed by atoms with Crippen LogP contribution in [0, 0.1) is 6.92 Å². The fourth-order valence-electron chi connectivity index (χ4n) is 2.30. The van der Waals surface area contributed by atoms with Gasteiger partial charge in [-0.2, -0.15) is 16.9 Å². The summed E-state index contributed by atoms with van der Waals surface area (Å²) in [6.45, 7) is 3.84. The molecule has 0 aliphatic rings. The number of rotatable bonds is 10. The van der Waals surface area contributed by atoms with Crippen LogP contribution in [0.5, 0.6) is 0 Å². The first-order valence-corrected chi connectivity index (χ1v) is 8.99. The lowest BCUT2D eigenvalue weighted by atomic mass is 10.2. The number of hydrogen-bond acceptors (Lipinski definition) is 4. The molecular formula is C16H25N3OS. The summed E-state index contributed by atoms with van der Waals surface area (Å²) >= 11 is 1.93. The molecule has 4 nitrogen and oxygen atoms in total. The summed E-state index contributed by atoms with van der Waals surface area (Å²) in [6.07, 6.45) is 9.27. The molecule has 0 atom stereocenters. The first-order valence-electron chi connectivity index (χ1n) is 7.60. The summed E-state index contributed by atoms with van der Waals surface area (Å²) in [5.41, 5.74) is 2.14. The highest BCUT2D eigenvalue weighted by atomic mass is 32.2. The van der Waals surface area contributed by atoms with Crippen molar-refractivity contribution >= 4 is 11.8 Å². The van der Waals surface area contributed by atoms with Gasteiger partial charge in [0, 0.05) is 12.1 Å². The monoisotopic (exact) mass is 307 g/mol. The van der Waals surface area contributed by atoms with Crippen molar-refractivity contribution < 1.29 is 4.42 Å². The predicted octanol–water partition coefficient (Wildman–Crippen LogP) is 3.99. The molecule has 2 rings (SSSR count). The molecule has 0 saturated heterocycles. The van der Waals surface area contributed by atoms with E-state index in [1.165, 1.54) is 31.4 Å². The molecule has 116 valence electrons. The van der Waals surface area contributed by atoms with E-state index in [4.69, 9.17) is 4.42 Å². The molecule has 2 N–H and O–H groups in total. The Morgan fingerprint density at radius 1 is 1.24 bits per heavy atom. The van der Waals surface area contributed by atoms with E-state index >= 15 is 0 Å². The van der Waals surface area contributed by atoms with Crippen LogP contribution in [-0.2, 0) is 6.54 Å². The number of nitrogens with one attached hydrogen (secondary N) is 2. The summed E-state index contributed by atoms with van der Waals surface area (Å²) in [4.78, 5) is 0. The van der Waals surface area contributed by atoms with E-state index in [2.05, 4.69) is 21.8 Å². The SMILES string of the molecule is CSCCCCCCNCc1cn[nH]c1-c1ccc(C)o1. The highest BCUT2D eigenvalue weighted by molar-refractivity contribution is 7.98. The minimum atomic E-state index is 0.830. The molecule has 0 saturated carbocycles. The summed E-state index contributed by atoms with van der Waals surface area (Å²) in [5.74, 6) is 3.07. The Morgan fingerprint density at radius 3 is 2.86 bits per heavy atom. The van der Waals surface area contributed by atoms with Crippen molar-refractivity contribution in [3.8, 4) is 11.5 Å². The van der Waals surface area contributed by atoms with Gasteiger partial charge in [0.25, 0.3) is 0 Å². The van der Waals surface area contributed by atoms with Crippen LogP contribution in [-0.4, -0.2) is 28.8 Å². The van der Waals surface area contributed by atoms with E-state index in [-0.39, 0.29) is 0 Å². The maximum Gasteiger partial charge on any atom is 0.152 e. The largest absolute Gasteiger partial charge is 0.460 e. The minimum absolute atomic E-state index is 0.830. The molecule has 0 unspecified atom stereocenters. The smallest absolute Gasteiger partial charge is 0.152 e. The average Bonchev–Trinajstić information content (AvgIpc) is 3.10. The Morgan fingerprint density at radius 2 is 2.10 bits per heavy atom. The van der Waals surface area contributed by atoms with E-state index in [1.54, 1.807) is 0 Å². The lowest BCUT2D eigenvalue weighted by Gasteiger charge is -2.04. The number of furan rings is 1. The molecule has 0 fully saturated rings. The molecule has 0 spiro atoms. The van der Waals surface area contributed by atoms with Crippen LogP contribution in [0.25, 0.3) is 11.5 Å². The third-order valence-electron chi connectivity index (χ3n) is 3.47. The van der Waals surface area contributed by atoms with Crippen molar-refractivity contribution in [2.24, 2.45) is 0 Å². The second-order valence-electron chi connectivity index (χ2n) is 5.26. The second kappa shape index (κ2) is 8.95.